The first-order chi connectivity index (χ1) is 9.34. The molecule has 0 radical (unpaired) electrons. The molecule has 0 saturated heterocycles. The highest BCUT2D eigenvalue weighted by atomic mass is 19.4. The standard InChI is InChI=1S/C14H15F3N2O/c1-19-9-11(8-18-19)7-13(20)6-10-2-4-12(5-3-10)14(15,16)17/h2-5,8-9,13,20H,6-7H2,1H3. The highest BCUT2D eigenvalue weighted by molar-refractivity contribution is 5.25. The van der Waals surface area contributed by atoms with Crippen molar-refractivity contribution in [2.75, 3.05) is 0 Å². The van der Waals surface area contributed by atoms with E-state index in [1.807, 2.05) is 0 Å². The number of aliphatic hydroxyl groups excluding tert-OH is 1. The first kappa shape index (κ1) is 14.6. The molecule has 6 heteroatoms. The summed E-state index contributed by atoms with van der Waals surface area (Å²) in [5.74, 6) is 0. The second kappa shape index (κ2) is 5.66. The molecule has 108 valence electrons. The van der Waals surface area contributed by atoms with Crippen molar-refractivity contribution in [3.05, 3.63) is 53.3 Å². The number of benzene rings is 1. The van der Waals surface area contributed by atoms with E-state index in [1.165, 1.54) is 12.1 Å². The number of halogens is 3. The highest BCUT2D eigenvalue weighted by Crippen LogP contribution is 2.29. The fraction of sp³-hybridized carbons (Fsp3) is 0.357. The Morgan fingerprint density at radius 2 is 1.75 bits per heavy atom. The molecule has 1 N–H and O–H groups in total. The quantitative estimate of drug-likeness (QED) is 0.937. The molecule has 0 fully saturated rings. The molecule has 0 aliphatic carbocycles. The number of alkyl halides is 3. The Labute approximate surface area is 114 Å². The molecular formula is C14H15F3N2O. The minimum atomic E-state index is -4.33. The average molecular weight is 284 g/mol. The van der Waals surface area contributed by atoms with Gasteiger partial charge in [0, 0.05) is 19.7 Å². The molecular weight excluding hydrogens is 269 g/mol. The normalized spacial score (nSPS) is 13.4. The summed E-state index contributed by atoms with van der Waals surface area (Å²) in [6.45, 7) is 0. The van der Waals surface area contributed by atoms with Gasteiger partial charge in [-0.1, -0.05) is 12.1 Å². The van der Waals surface area contributed by atoms with Crippen LogP contribution >= 0.6 is 0 Å². The molecule has 1 aromatic heterocycles. The molecule has 0 amide bonds. The summed E-state index contributed by atoms with van der Waals surface area (Å²) in [4.78, 5) is 0. The molecule has 0 saturated carbocycles. The Balaban J connectivity index is 1.96. The van der Waals surface area contributed by atoms with E-state index in [0.717, 1.165) is 17.7 Å². The van der Waals surface area contributed by atoms with Crippen LogP contribution in [0.4, 0.5) is 13.2 Å². The molecule has 3 nitrogen and oxygen atoms in total. The van der Waals surface area contributed by atoms with Gasteiger partial charge in [0.05, 0.1) is 17.9 Å². The van der Waals surface area contributed by atoms with Gasteiger partial charge in [-0.05, 0) is 29.7 Å². The van der Waals surface area contributed by atoms with Crippen LogP contribution in [-0.2, 0) is 26.1 Å². The molecule has 0 spiro atoms. The van der Waals surface area contributed by atoms with Crippen LogP contribution in [0.15, 0.2) is 36.7 Å². The van der Waals surface area contributed by atoms with E-state index in [4.69, 9.17) is 0 Å². The zero-order chi connectivity index (χ0) is 14.8. The first-order valence-electron chi connectivity index (χ1n) is 6.16. The largest absolute Gasteiger partial charge is 0.416 e. The van der Waals surface area contributed by atoms with Crippen molar-refractivity contribution in [3.63, 3.8) is 0 Å². The predicted molar refractivity (Wildman–Crippen MR) is 68.1 cm³/mol. The van der Waals surface area contributed by atoms with Gasteiger partial charge >= 0.3 is 6.18 Å². The number of hydrogen-bond donors (Lipinski definition) is 1. The maximum absolute atomic E-state index is 12.4. The van der Waals surface area contributed by atoms with Gasteiger partial charge in [-0.25, -0.2) is 0 Å². The van der Waals surface area contributed by atoms with Crippen molar-refractivity contribution >= 4 is 0 Å². The van der Waals surface area contributed by atoms with Crippen molar-refractivity contribution in [2.45, 2.75) is 25.1 Å². The Kier molecular flexibility index (Phi) is 4.13. The lowest BCUT2D eigenvalue weighted by Crippen LogP contribution is -2.14. The van der Waals surface area contributed by atoms with Crippen molar-refractivity contribution in [2.24, 2.45) is 7.05 Å². The van der Waals surface area contributed by atoms with Gasteiger partial charge in [0.15, 0.2) is 0 Å². The van der Waals surface area contributed by atoms with Crippen molar-refractivity contribution in [1.82, 2.24) is 9.78 Å². The van der Waals surface area contributed by atoms with Crippen LogP contribution in [0.25, 0.3) is 0 Å². The maximum atomic E-state index is 12.4. The molecule has 1 atom stereocenters. The number of aromatic nitrogens is 2. The number of aryl methyl sites for hydroxylation is 1. The van der Waals surface area contributed by atoms with Crippen LogP contribution in [-0.4, -0.2) is 21.0 Å². The van der Waals surface area contributed by atoms with Gasteiger partial charge in [0.25, 0.3) is 0 Å². The Bertz CT molecular complexity index is 561. The third-order valence-corrected chi connectivity index (χ3v) is 2.98. The summed E-state index contributed by atoms with van der Waals surface area (Å²) >= 11 is 0. The smallest absolute Gasteiger partial charge is 0.392 e. The Morgan fingerprint density at radius 3 is 2.25 bits per heavy atom. The molecule has 20 heavy (non-hydrogen) atoms. The average Bonchev–Trinajstić information content (AvgIpc) is 2.74. The number of hydrogen-bond acceptors (Lipinski definition) is 2. The van der Waals surface area contributed by atoms with Crippen molar-refractivity contribution in [3.8, 4) is 0 Å². The van der Waals surface area contributed by atoms with Crippen LogP contribution in [0.2, 0.25) is 0 Å². The van der Waals surface area contributed by atoms with Crippen LogP contribution in [0.5, 0.6) is 0 Å². The maximum Gasteiger partial charge on any atom is 0.416 e. The molecule has 1 unspecified atom stereocenters. The van der Waals surface area contributed by atoms with Crippen LogP contribution in [0.3, 0.4) is 0 Å². The molecule has 1 heterocycles. The zero-order valence-corrected chi connectivity index (χ0v) is 10.9. The molecule has 0 bridgehead atoms. The summed E-state index contributed by atoms with van der Waals surface area (Å²) in [5.41, 5.74) is 0.893. The summed E-state index contributed by atoms with van der Waals surface area (Å²) in [6, 6.07) is 4.86. The lowest BCUT2D eigenvalue weighted by molar-refractivity contribution is -0.137. The molecule has 0 aliphatic heterocycles. The van der Waals surface area contributed by atoms with E-state index in [1.54, 1.807) is 24.1 Å². The van der Waals surface area contributed by atoms with Gasteiger partial charge < -0.3 is 5.11 Å². The van der Waals surface area contributed by atoms with Gasteiger partial charge in [0.1, 0.15) is 0 Å². The molecule has 2 rings (SSSR count). The zero-order valence-electron chi connectivity index (χ0n) is 10.9. The van der Waals surface area contributed by atoms with Crippen LogP contribution in [0.1, 0.15) is 16.7 Å². The van der Waals surface area contributed by atoms with E-state index in [0.29, 0.717) is 18.4 Å². The van der Waals surface area contributed by atoms with Gasteiger partial charge in [-0.15, -0.1) is 0 Å². The van der Waals surface area contributed by atoms with Gasteiger partial charge in [-0.2, -0.15) is 18.3 Å². The Hall–Kier alpha value is -1.82. The van der Waals surface area contributed by atoms with E-state index in [2.05, 4.69) is 5.10 Å². The first-order valence-corrected chi connectivity index (χ1v) is 6.16. The van der Waals surface area contributed by atoms with E-state index < -0.39 is 17.8 Å². The highest BCUT2D eigenvalue weighted by Gasteiger charge is 2.29. The Morgan fingerprint density at radius 1 is 1.15 bits per heavy atom. The van der Waals surface area contributed by atoms with Crippen LogP contribution < -0.4 is 0 Å². The lowest BCUT2D eigenvalue weighted by atomic mass is 10.0. The molecule has 1 aromatic carbocycles. The summed E-state index contributed by atoms with van der Waals surface area (Å²) < 4.78 is 38.9. The van der Waals surface area contributed by atoms with Gasteiger partial charge in [-0.3, -0.25) is 4.68 Å². The van der Waals surface area contributed by atoms with E-state index >= 15 is 0 Å². The van der Waals surface area contributed by atoms with E-state index in [9.17, 15) is 18.3 Å². The predicted octanol–water partition coefficient (Wildman–Crippen LogP) is 2.59. The fourth-order valence-electron chi connectivity index (χ4n) is 2.02. The lowest BCUT2D eigenvalue weighted by Gasteiger charge is -2.11. The molecule has 0 aliphatic rings. The minimum Gasteiger partial charge on any atom is -0.392 e. The molecule has 2 aromatic rings. The monoisotopic (exact) mass is 284 g/mol. The second-order valence-corrected chi connectivity index (χ2v) is 4.78. The van der Waals surface area contributed by atoms with Crippen molar-refractivity contribution < 1.29 is 18.3 Å². The minimum absolute atomic E-state index is 0.313. The second-order valence-electron chi connectivity index (χ2n) is 4.78. The summed E-state index contributed by atoms with van der Waals surface area (Å²) in [7, 11) is 1.78. The summed E-state index contributed by atoms with van der Waals surface area (Å²) in [6.07, 6.45) is -0.767. The number of aliphatic hydroxyl groups is 1. The number of rotatable bonds is 4. The fourth-order valence-corrected chi connectivity index (χ4v) is 2.02. The summed E-state index contributed by atoms with van der Waals surface area (Å²) in [5, 5.41) is 13.9. The van der Waals surface area contributed by atoms with Crippen molar-refractivity contribution in [1.29, 1.82) is 0 Å². The van der Waals surface area contributed by atoms with Crippen LogP contribution in [0, 0.1) is 0 Å². The van der Waals surface area contributed by atoms with E-state index in [-0.39, 0.29) is 0 Å². The third kappa shape index (κ3) is 3.84. The topological polar surface area (TPSA) is 38.0 Å². The number of nitrogens with zero attached hydrogens (tertiary/aromatic N) is 2. The van der Waals surface area contributed by atoms with Gasteiger partial charge in [0.2, 0.25) is 0 Å². The SMILES string of the molecule is Cn1cc(CC(O)Cc2ccc(C(F)(F)F)cc2)cn1. The third-order valence-electron chi connectivity index (χ3n) is 2.98.